The summed E-state index contributed by atoms with van der Waals surface area (Å²) in [5.41, 5.74) is 1.81. The third-order valence-corrected chi connectivity index (χ3v) is 5.87. The molecule has 30 heavy (non-hydrogen) atoms. The smallest absolute Gasteiger partial charge is 0.333 e. The van der Waals surface area contributed by atoms with E-state index in [0.29, 0.717) is 35.5 Å². The molecule has 1 aromatic heterocycles. The fraction of sp³-hybridized carbons (Fsp3) is 0.409. The third-order valence-electron chi connectivity index (χ3n) is 4.81. The minimum atomic E-state index is -0.537. The van der Waals surface area contributed by atoms with E-state index in [9.17, 15) is 14.4 Å². The zero-order valence-corrected chi connectivity index (χ0v) is 18.1. The Morgan fingerprint density at radius 1 is 1.17 bits per heavy atom. The predicted octanol–water partition coefficient (Wildman–Crippen LogP) is 0.503. The molecule has 0 atom stereocenters. The van der Waals surface area contributed by atoms with E-state index in [1.807, 2.05) is 24.3 Å². The molecule has 1 aromatic carbocycles. The quantitative estimate of drug-likeness (QED) is 0.624. The fourth-order valence-corrected chi connectivity index (χ4v) is 4.16. The van der Waals surface area contributed by atoms with Gasteiger partial charge >= 0.3 is 5.97 Å². The van der Waals surface area contributed by atoms with E-state index in [1.54, 1.807) is 17.9 Å². The van der Waals surface area contributed by atoms with Crippen LogP contribution in [-0.4, -0.2) is 54.3 Å². The molecule has 0 unspecified atom stereocenters. The second kappa shape index (κ2) is 10.4. The maximum Gasteiger partial charge on any atom is 0.333 e. The average Bonchev–Trinajstić information content (AvgIpc) is 3.03. The van der Waals surface area contributed by atoms with Crippen LogP contribution in [0.3, 0.4) is 0 Å². The zero-order valence-electron chi connectivity index (χ0n) is 17.3. The van der Waals surface area contributed by atoms with Gasteiger partial charge in [0.05, 0.1) is 30.4 Å². The molecule has 0 N–H and O–H groups in total. The highest BCUT2D eigenvalue weighted by Crippen LogP contribution is 2.05. The molecule has 2 heterocycles. The van der Waals surface area contributed by atoms with Crippen molar-refractivity contribution in [3.63, 3.8) is 0 Å². The van der Waals surface area contributed by atoms with Crippen molar-refractivity contribution < 1.29 is 19.1 Å². The van der Waals surface area contributed by atoms with Crippen LogP contribution in [0.4, 0.5) is 0 Å². The second-order valence-corrected chi connectivity index (χ2v) is 7.89. The number of aromatic nitrogens is 1. The van der Waals surface area contributed by atoms with E-state index in [1.165, 1.54) is 27.5 Å². The topological polar surface area (TPSA) is 77.8 Å². The van der Waals surface area contributed by atoms with Crippen LogP contribution in [0.1, 0.15) is 25.0 Å². The van der Waals surface area contributed by atoms with Crippen molar-refractivity contribution in [2.24, 2.45) is 0 Å². The van der Waals surface area contributed by atoms with Crippen molar-refractivity contribution in [1.29, 1.82) is 0 Å². The van der Waals surface area contributed by atoms with E-state index in [-0.39, 0.29) is 24.6 Å². The molecule has 0 saturated carbocycles. The third kappa shape index (κ3) is 5.46. The van der Waals surface area contributed by atoms with Gasteiger partial charge in [0, 0.05) is 13.1 Å². The molecule has 1 saturated heterocycles. The maximum absolute atomic E-state index is 13.0. The van der Waals surface area contributed by atoms with Gasteiger partial charge in [-0.1, -0.05) is 31.2 Å². The van der Waals surface area contributed by atoms with Crippen LogP contribution in [0, 0.1) is 0 Å². The lowest BCUT2D eigenvalue weighted by molar-refractivity contribution is -0.136. The van der Waals surface area contributed by atoms with E-state index in [0.717, 1.165) is 12.0 Å². The molecule has 1 fully saturated rings. The van der Waals surface area contributed by atoms with Crippen LogP contribution in [-0.2, 0) is 32.0 Å². The zero-order chi connectivity index (χ0) is 21.5. The van der Waals surface area contributed by atoms with Gasteiger partial charge in [-0.2, -0.15) is 0 Å². The van der Waals surface area contributed by atoms with Gasteiger partial charge in [-0.15, -0.1) is 11.3 Å². The van der Waals surface area contributed by atoms with Crippen LogP contribution in [0.25, 0.3) is 12.2 Å². The summed E-state index contributed by atoms with van der Waals surface area (Å²) in [6, 6.07) is 7.95. The Kier molecular flexibility index (Phi) is 7.59. The molecule has 1 aliphatic heterocycles. The number of carbonyl (C=O) groups excluding carboxylic acids is 2. The summed E-state index contributed by atoms with van der Waals surface area (Å²) in [5, 5.41) is 0. The number of carbonyl (C=O) groups is 2. The Hall–Kier alpha value is -2.71. The molecule has 2 aromatic rings. The summed E-state index contributed by atoms with van der Waals surface area (Å²) in [4.78, 5) is 39.4. The first-order valence-corrected chi connectivity index (χ1v) is 10.9. The largest absolute Gasteiger partial charge is 0.463 e. The summed E-state index contributed by atoms with van der Waals surface area (Å²) in [6.07, 6.45) is 4.00. The molecule has 1 aliphatic rings. The van der Waals surface area contributed by atoms with Crippen molar-refractivity contribution >= 4 is 35.4 Å². The van der Waals surface area contributed by atoms with Crippen LogP contribution in [0.5, 0.6) is 0 Å². The van der Waals surface area contributed by atoms with Crippen molar-refractivity contribution in [1.82, 2.24) is 9.47 Å². The Balaban J connectivity index is 2.00. The number of ether oxygens (including phenoxy) is 2. The molecule has 0 radical (unpaired) electrons. The lowest BCUT2D eigenvalue weighted by atomic mass is 10.1. The standard InChI is InChI=1S/C22H26N2O5S/c1-3-16-5-7-17(8-6-16)13-18-22(27)24(20(30-18)14-21(26)29-4-2)15-19(25)23-9-11-28-12-10-23/h5-8,13-14H,3-4,9-12,15H2,1-2H3. The van der Waals surface area contributed by atoms with Crippen LogP contribution in [0.15, 0.2) is 29.1 Å². The van der Waals surface area contributed by atoms with Gasteiger partial charge < -0.3 is 14.4 Å². The van der Waals surface area contributed by atoms with E-state index in [4.69, 9.17) is 9.47 Å². The number of nitrogens with zero attached hydrogens (tertiary/aromatic N) is 2. The van der Waals surface area contributed by atoms with Gasteiger partial charge in [-0.25, -0.2) is 4.79 Å². The van der Waals surface area contributed by atoms with Crippen molar-refractivity contribution in [2.75, 3.05) is 32.9 Å². The first-order valence-electron chi connectivity index (χ1n) is 10.1. The number of benzene rings is 1. The normalized spacial score (nSPS) is 15.5. The number of esters is 1. The lowest BCUT2D eigenvalue weighted by Crippen LogP contribution is -2.45. The molecule has 0 spiro atoms. The van der Waals surface area contributed by atoms with Crippen molar-refractivity contribution in [3.8, 4) is 0 Å². The van der Waals surface area contributed by atoms with Crippen LogP contribution >= 0.6 is 11.3 Å². The highest BCUT2D eigenvalue weighted by Gasteiger charge is 2.19. The summed E-state index contributed by atoms with van der Waals surface area (Å²) in [7, 11) is 0. The highest BCUT2D eigenvalue weighted by molar-refractivity contribution is 7.07. The minimum absolute atomic E-state index is 0.122. The molecule has 7 nitrogen and oxygen atoms in total. The maximum atomic E-state index is 13.0. The van der Waals surface area contributed by atoms with Gasteiger partial charge in [0.15, 0.2) is 0 Å². The summed E-state index contributed by atoms with van der Waals surface area (Å²) >= 11 is 1.18. The van der Waals surface area contributed by atoms with Gasteiger partial charge in [-0.3, -0.25) is 14.2 Å². The number of rotatable bonds is 6. The van der Waals surface area contributed by atoms with Gasteiger partial charge in [0.25, 0.3) is 5.56 Å². The van der Waals surface area contributed by atoms with Gasteiger partial charge in [-0.05, 0) is 30.5 Å². The van der Waals surface area contributed by atoms with Crippen LogP contribution < -0.4 is 14.8 Å². The Morgan fingerprint density at radius 2 is 1.87 bits per heavy atom. The monoisotopic (exact) mass is 430 g/mol. The summed E-state index contributed by atoms with van der Waals surface area (Å²) < 4.78 is 12.5. The second-order valence-electron chi connectivity index (χ2n) is 6.82. The van der Waals surface area contributed by atoms with E-state index >= 15 is 0 Å². The number of aryl methyl sites for hydroxylation is 1. The molecule has 0 aliphatic carbocycles. The molecule has 3 rings (SSSR count). The number of hydrogen-bond donors (Lipinski definition) is 0. The average molecular weight is 431 g/mol. The Labute approximate surface area is 178 Å². The Morgan fingerprint density at radius 3 is 2.50 bits per heavy atom. The molecule has 1 amide bonds. The Bertz CT molecular complexity index is 1060. The van der Waals surface area contributed by atoms with E-state index in [2.05, 4.69) is 6.92 Å². The number of morpholine rings is 1. The first kappa shape index (κ1) is 22.0. The highest BCUT2D eigenvalue weighted by atomic mass is 32.1. The first-order chi connectivity index (χ1) is 14.5. The van der Waals surface area contributed by atoms with Crippen molar-refractivity contribution in [3.05, 3.63) is 54.9 Å². The molecule has 8 heteroatoms. The van der Waals surface area contributed by atoms with Gasteiger partial charge in [0.1, 0.15) is 11.2 Å². The fourth-order valence-electron chi connectivity index (χ4n) is 3.13. The van der Waals surface area contributed by atoms with Crippen molar-refractivity contribution in [2.45, 2.75) is 26.8 Å². The lowest BCUT2D eigenvalue weighted by Gasteiger charge is -2.26. The molecule has 0 bridgehead atoms. The summed E-state index contributed by atoms with van der Waals surface area (Å²) in [6.45, 7) is 5.88. The SMILES string of the molecule is CCOC(=O)C=c1sc(=Cc2ccc(CC)cc2)c(=O)n1CC(=O)N1CCOCC1. The predicted molar refractivity (Wildman–Crippen MR) is 116 cm³/mol. The molecular formula is C22H26N2O5S. The number of thiazole rings is 1. The van der Waals surface area contributed by atoms with Gasteiger partial charge in [0.2, 0.25) is 5.91 Å². The van der Waals surface area contributed by atoms with E-state index < -0.39 is 5.97 Å². The molecule has 160 valence electrons. The van der Waals surface area contributed by atoms with Crippen LogP contribution in [0.2, 0.25) is 0 Å². The minimum Gasteiger partial charge on any atom is -0.463 e. The number of hydrogen-bond acceptors (Lipinski definition) is 6. The summed E-state index contributed by atoms with van der Waals surface area (Å²) in [5.74, 6) is -0.708. The molecular weight excluding hydrogens is 404 g/mol. The number of amides is 1.